The average molecular weight is 381 g/mol. The summed E-state index contributed by atoms with van der Waals surface area (Å²) in [6.07, 6.45) is 1.41. The van der Waals surface area contributed by atoms with Crippen molar-refractivity contribution in [3.8, 4) is 17.2 Å². The van der Waals surface area contributed by atoms with Crippen molar-refractivity contribution in [3.63, 3.8) is 0 Å². The lowest BCUT2D eigenvalue weighted by molar-refractivity contribution is -0.145. The van der Waals surface area contributed by atoms with Crippen LogP contribution in [0.15, 0.2) is 54.1 Å². The van der Waals surface area contributed by atoms with Crippen molar-refractivity contribution in [2.45, 2.75) is 6.10 Å². The highest BCUT2D eigenvalue weighted by molar-refractivity contribution is 5.96. The van der Waals surface area contributed by atoms with E-state index in [1.165, 1.54) is 0 Å². The molecular formula is C21H19NO6. The van der Waals surface area contributed by atoms with Crippen molar-refractivity contribution in [2.75, 3.05) is 26.4 Å². The maximum atomic E-state index is 12.2. The minimum absolute atomic E-state index is 0.115. The van der Waals surface area contributed by atoms with E-state index in [1.807, 2.05) is 48.5 Å². The van der Waals surface area contributed by atoms with Crippen LogP contribution in [-0.4, -0.2) is 44.3 Å². The van der Waals surface area contributed by atoms with Crippen LogP contribution in [0.3, 0.4) is 0 Å². The number of amides is 1. The Hall–Kier alpha value is -3.48. The van der Waals surface area contributed by atoms with Crippen LogP contribution in [0, 0.1) is 0 Å². The number of benzene rings is 2. The van der Waals surface area contributed by atoms with Gasteiger partial charge in [0.2, 0.25) is 0 Å². The molecule has 4 rings (SSSR count). The molecule has 0 spiro atoms. The molecule has 2 aromatic carbocycles. The highest BCUT2D eigenvalue weighted by Crippen LogP contribution is 2.30. The molecule has 0 fully saturated rings. The van der Waals surface area contributed by atoms with Crippen molar-refractivity contribution in [3.05, 3.63) is 59.7 Å². The van der Waals surface area contributed by atoms with Crippen LogP contribution in [-0.2, 0) is 14.3 Å². The predicted octanol–water partition coefficient (Wildman–Crippen LogP) is 1.96. The number of carbonyl (C=O) groups excluding carboxylic acids is 2. The summed E-state index contributed by atoms with van der Waals surface area (Å²) in [7, 11) is 0. The molecule has 1 unspecified atom stereocenters. The minimum Gasteiger partial charge on any atom is -0.488 e. The summed E-state index contributed by atoms with van der Waals surface area (Å²) in [6, 6.07) is 14.7. The first kappa shape index (κ1) is 17.9. The zero-order chi connectivity index (χ0) is 19.3. The van der Waals surface area contributed by atoms with Gasteiger partial charge in [0, 0.05) is 5.56 Å². The van der Waals surface area contributed by atoms with Gasteiger partial charge in [0.25, 0.3) is 5.91 Å². The molecule has 2 heterocycles. The monoisotopic (exact) mass is 381 g/mol. The van der Waals surface area contributed by atoms with Gasteiger partial charge in [-0.15, -0.1) is 0 Å². The van der Waals surface area contributed by atoms with Gasteiger partial charge in [-0.3, -0.25) is 4.79 Å². The van der Waals surface area contributed by atoms with E-state index in [0.29, 0.717) is 29.4 Å². The second kappa shape index (κ2) is 8.04. The first-order valence-corrected chi connectivity index (χ1v) is 8.94. The second-order valence-corrected chi connectivity index (χ2v) is 6.37. The third kappa shape index (κ3) is 4.09. The Morgan fingerprint density at radius 3 is 2.61 bits per heavy atom. The van der Waals surface area contributed by atoms with Gasteiger partial charge in [0.05, 0.1) is 12.1 Å². The van der Waals surface area contributed by atoms with Crippen molar-refractivity contribution in [1.82, 2.24) is 5.32 Å². The molecule has 1 amide bonds. The summed E-state index contributed by atoms with van der Waals surface area (Å²) in [4.78, 5) is 24.1. The van der Waals surface area contributed by atoms with Crippen LogP contribution in [0.4, 0.5) is 0 Å². The summed E-state index contributed by atoms with van der Waals surface area (Å²) in [5, 5.41) is 2.69. The normalized spacial score (nSPS) is 16.9. The number of esters is 1. The fourth-order valence-corrected chi connectivity index (χ4v) is 2.90. The molecule has 0 aromatic heterocycles. The molecule has 2 aliphatic rings. The molecule has 0 saturated heterocycles. The van der Waals surface area contributed by atoms with Gasteiger partial charge in [-0.2, -0.15) is 0 Å². The largest absolute Gasteiger partial charge is 0.488 e. The highest BCUT2D eigenvalue weighted by Gasteiger charge is 2.22. The zero-order valence-electron chi connectivity index (χ0n) is 15.1. The minimum atomic E-state index is -0.573. The smallest absolute Gasteiger partial charge is 0.338 e. The molecule has 1 atom stereocenters. The number of carbonyl (C=O) groups is 2. The molecule has 0 saturated carbocycles. The zero-order valence-corrected chi connectivity index (χ0v) is 15.1. The maximum absolute atomic E-state index is 12.2. The Labute approximate surface area is 161 Å². The van der Waals surface area contributed by atoms with E-state index in [2.05, 4.69) is 5.32 Å². The lowest BCUT2D eigenvalue weighted by Gasteiger charge is -2.26. The van der Waals surface area contributed by atoms with Crippen molar-refractivity contribution < 1.29 is 28.5 Å². The number of nitrogens with one attached hydrogen (secondary N) is 1. The van der Waals surface area contributed by atoms with Gasteiger partial charge in [-0.05, 0) is 24.3 Å². The van der Waals surface area contributed by atoms with E-state index in [-0.39, 0.29) is 25.9 Å². The summed E-state index contributed by atoms with van der Waals surface area (Å²) in [5.41, 5.74) is 1.17. The fourth-order valence-electron chi connectivity index (χ4n) is 2.90. The molecule has 1 N–H and O–H groups in total. The van der Waals surface area contributed by atoms with E-state index in [9.17, 15) is 9.59 Å². The molecular weight excluding hydrogens is 362 g/mol. The van der Waals surface area contributed by atoms with Crippen LogP contribution in [0.2, 0.25) is 0 Å². The Morgan fingerprint density at radius 2 is 1.75 bits per heavy atom. The van der Waals surface area contributed by atoms with Crippen LogP contribution in [0.5, 0.6) is 17.2 Å². The molecule has 0 radical (unpaired) electrons. The van der Waals surface area contributed by atoms with Crippen LogP contribution >= 0.6 is 0 Å². The first-order chi connectivity index (χ1) is 13.7. The summed E-state index contributed by atoms with van der Waals surface area (Å²) >= 11 is 0. The number of hydrogen-bond donors (Lipinski definition) is 1. The van der Waals surface area contributed by atoms with Crippen LogP contribution < -0.4 is 19.5 Å². The van der Waals surface area contributed by atoms with Gasteiger partial charge >= 0.3 is 5.97 Å². The van der Waals surface area contributed by atoms with E-state index in [1.54, 1.807) is 6.08 Å². The SMILES string of the molecule is O=C(COC(=O)C1=Cc2ccccc2OC1)NCC1COc2ccccc2O1. The van der Waals surface area contributed by atoms with Gasteiger partial charge in [-0.25, -0.2) is 4.79 Å². The molecule has 0 aliphatic carbocycles. The van der Waals surface area contributed by atoms with Gasteiger partial charge in [-0.1, -0.05) is 30.3 Å². The lowest BCUT2D eigenvalue weighted by Crippen LogP contribution is -2.42. The van der Waals surface area contributed by atoms with Gasteiger partial charge in [0.1, 0.15) is 25.1 Å². The predicted molar refractivity (Wildman–Crippen MR) is 100 cm³/mol. The van der Waals surface area contributed by atoms with E-state index in [4.69, 9.17) is 18.9 Å². The number of ether oxygens (including phenoxy) is 4. The summed E-state index contributed by atoms with van der Waals surface area (Å²) < 4.78 is 22.0. The van der Waals surface area contributed by atoms with E-state index < -0.39 is 11.9 Å². The Balaban J connectivity index is 1.23. The molecule has 144 valence electrons. The molecule has 0 bridgehead atoms. The number of para-hydroxylation sites is 3. The highest BCUT2D eigenvalue weighted by atomic mass is 16.6. The van der Waals surface area contributed by atoms with Crippen molar-refractivity contribution >= 4 is 18.0 Å². The quantitative estimate of drug-likeness (QED) is 0.798. The molecule has 2 aromatic rings. The maximum Gasteiger partial charge on any atom is 0.338 e. The fraction of sp³-hybridized carbons (Fsp3) is 0.238. The third-order valence-corrected chi connectivity index (χ3v) is 4.32. The standard InChI is InChI=1S/C21H19NO6/c23-20(22-10-16-12-26-18-7-3-4-8-19(18)28-16)13-27-21(24)15-9-14-5-1-2-6-17(14)25-11-15/h1-9,16H,10-13H2,(H,22,23). The summed E-state index contributed by atoms with van der Waals surface area (Å²) in [5.74, 6) is 1.06. The molecule has 7 nitrogen and oxygen atoms in total. The lowest BCUT2D eigenvalue weighted by atomic mass is 10.1. The number of rotatable bonds is 5. The average Bonchev–Trinajstić information content (AvgIpc) is 2.75. The van der Waals surface area contributed by atoms with Crippen molar-refractivity contribution in [2.24, 2.45) is 0 Å². The Kier molecular flexibility index (Phi) is 5.14. The second-order valence-electron chi connectivity index (χ2n) is 6.37. The Bertz CT molecular complexity index is 923. The topological polar surface area (TPSA) is 83.1 Å². The number of fused-ring (bicyclic) bond motifs is 2. The van der Waals surface area contributed by atoms with Crippen LogP contribution in [0.1, 0.15) is 5.56 Å². The molecule has 28 heavy (non-hydrogen) atoms. The number of hydrogen-bond acceptors (Lipinski definition) is 6. The molecule has 2 aliphatic heterocycles. The Morgan fingerprint density at radius 1 is 1.00 bits per heavy atom. The van der Waals surface area contributed by atoms with Crippen molar-refractivity contribution in [1.29, 1.82) is 0 Å². The molecule has 7 heteroatoms. The van der Waals surface area contributed by atoms with Crippen LogP contribution in [0.25, 0.3) is 6.08 Å². The first-order valence-electron chi connectivity index (χ1n) is 8.94. The summed E-state index contributed by atoms with van der Waals surface area (Å²) in [6.45, 7) is 0.330. The van der Waals surface area contributed by atoms with Gasteiger partial charge in [0.15, 0.2) is 18.1 Å². The third-order valence-electron chi connectivity index (χ3n) is 4.32. The van der Waals surface area contributed by atoms with E-state index in [0.717, 1.165) is 5.56 Å². The van der Waals surface area contributed by atoms with Gasteiger partial charge < -0.3 is 24.3 Å². The van der Waals surface area contributed by atoms with E-state index >= 15 is 0 Å².